The molecule has 1 aromatic rings. The summed E-state index contributed by atoms with van der Waals surface area (Å²) < 4.78 is 11.0. The molecule has 0 heterocycles. The van der Waals surface area contributed by atoms with E-state index in [9.17, 15) is 9.59 Å². The molecule has 0 aromatic heterocycles. The second-order valence-corrected chi connectivity index (χ2v) is 5.90. The van der Waals surface area contributed by atoms with Crippen LogP contribution in [0.4, 0.5) is 5.69 Å². The first-order valence-corrected chi connectivity index (χ1v) is 8.49. The van der Waals surface area contributed by atoms with Gasteiger partial charge >= 0.3 is 0 Å². The van der Waals surface area contributed by atoms with Crippen LogP contribution in [0, 0.1) is 5.92 Å². The van der Waals surface area contributed by atoms with Gasteiger partial charge in [0, 0.05) is 24.7 Å². The van der Waals surface area contributed by atoms with Crippen LogP contribution in [-0.2, 0) is 9.59 Å². The predicted octanol–water partition coefficient (Wildman–Crippen LogP) is 2.68. The van der Waals surface area contributed by atoms with E-state index in [0.29, 0.717) is 30.4 Å². The molecule has 0 bridgehead atoms. The summed E-state index contributed by atoms with van der Waals surface area (Å²) in [5.74, 6) is 1.17. The second-order valence-electron chi connectivity index (χ2n) is 5.90. The van der Waals surface area contributed by atoms with E-state index in [1.165, 1.54) is 4.90 Å². The lowest BCUT2D eigenvalue weighted by Gasteiger charge is -2.28. The number of hydrogen-bond donors (Lipinski definition) is 1. The molecule has 1 aromatic carbocycles. The van der Waals surface area contributed by atoms with E-state index in [-0.39, 0.29) is 24.3 Å². The number of amides is 2. The molecule has 6 heteroatoms. The van der Waals surface area contributed by atoms with Gasteiger partial charge in [-0.1, -0.05) is 6.42 Å². The largest absolute Gasteiger partial charge is 0.490 e. The highest BCUT2D eigenvalue weighted by atomic mass is 16.5. The van der Waals surface area contributed by atoms with Crippen molar-refractivity contribution in [3.05, 3.63) is 18.2 Å². The predicted molar refractivity (Wildman–Crippen MR) is 92.4 cm³/mol. The number of carbonyl (C=O) groups excluding carboxylic acids is 2. The number of benzene rings is 1. The van der Waals surface area contributed by atoms with Crippen molar-refractivity contribution in [1.82, 2.24) is 4.90 Å². The van der Waals surface area contributed by atoms with Crippen molar-refractivity contribution in [2.75, 3.05) is 32.1 Å². The highest BCUT2D eigenvalue weighted by Crippen LogP contribution is 2.31. The first kappa shape index (κ1) is 18.1. The third-order valence-corrected chi connectivity index (χ3v) is 4.04. The van der Waals surface area contributed by atoms with E-state index < -0.39 is 0 Å². The summed E-state index contributed by atoms with van der Waals surface area (Å²) in [6, 6.07) is 5.27. The molecule has 2 rings (SSSR count). The third kappa shape index (κ3) is 4.63. The number of carbonyl (C=O) groups is 2. The number of ether oxygens (including phenoxy) is 2. The van der Waals surface area contributed by atoms with Gasteiger partial charge in [0.25, 0.3) is 0 Å². The van der Waals surface area contributed by atoms with E-state index in [1.807, 2.05) is 13.8 Å². The molecule has 6 nitrogen and oxygen atoms in total. The maximum Gasteiger partial charge on any atom is 0.243 e. The molecule has 0 radical (unpaired) electrons. The van der Waals surface area contributed by atoms with E-state index in [4.69, 9.17) is 9.47 Å². The Kier molecular flexibility index (Phi) is 6.46. The van der Waals surface area contributed by atoms with Gasteiger partial charge in [0.1, 0.15) is 0 Å². The van der Waals surface area contributed by atoms with Gasteiger partial charge in [0.05, 0.1) is 19.8 Å². The molecule has 2 amide bonds. The van der Waals surface area contributed by atoms with Gasteiger partial charge in [-0.3, -0.25) is 9.59 Å². The van der Waals surface area contributed by atoms with Crippen LogP contribution in [0.5, 0.6) is 11.5 Å². The number of anilines is 1. The Morgan fingerprint density at radius 1 is 1.17 bits per heavy atom. The van der Waals surface area contributed by atoms with E-state index >= 15 is 0 Å². The van der Waals surface area contributed by atoms with Gasteiger partial charge in [0.2, 0.25) is 11.8 Å². The monoisotopic (exact) mass is 334 g/mol. The minimum Gasteiger partial charge on any atom is -0.490 e. The number of hydrogen-bond acceptors (Lipinski definition) is 4. The van der Waals surface area contributed by atoms with E-state index in [2.05, 4.69) is 5.32 Å². The fourth-order valence-electron chi connectivity index (χ4n) is 2.59. The third-order valence-electron chi connectivity index (χ3n) is 4.04. The molecule has 0 spiro atoms. The lowest BCUT2D eigenvalue weighted by atomic mass is 9.84. The van der Waals surface area contributed by atoms with Gasteiger partial charge < -0.3 is 19.7 Å². The molecule has 1 saturated carbocycles. The lowest BCUT2D eigenvalue weighted by molar-refractivity contribution is -0.139. The minimum atomic E-state index is -0.225. The topological polar surface area (TPSA) is 67.9 Å². The summed E-state index contributed by atoms with van der Waals surface area (Å²) >= 11 is 0. The standard InChI is InChI=1S/C18H26N2O4/c1-4-23-15-10-9-14(11-16(15)24-5-2)19-17(21)12-20(3)18(22)13-7-6-8-13/h9-11,13H,4-8,12H2,1-3H3,(H,19,21). The molecule has 24 heavy (non-hydrogen) atoms. The highest BCUT2D eigenvalue weighted by molar-refractivity contribution is 5.95. The number of likely N-dealkylation sites (N-methyl/N-ethyl adjacent to an activating group) is 1. The number of nitrogens with one attached hydrogen (secondary N) is 1. The molecular formula is C18H26N2O4. The van der Waals surface area contributed by atoms with Crippen LogP contribution in [0.25, 0.3) is 0 Å². The Morgan fingerprint density at radius 2 is 1.83 bits per heavy atom. The zero-order chi connectivity index (χ0) is 17.5. The smallest absolute Gasteiger partial charge is 0.243 e. The fourth-order valence-corrected chi connectivity index (χ4v) is 2.59. The fraction of sp³-hybridized carbons (Fsp3) is 0.556. The maximum absolute atomic E-state index is 12.2. The Morgan fingerprint density at radius 3 is 2.42 bits per heavy atom. The Labute approximate surface area is 143 Å². The van der Waals surface area contributed by atoms with Gasteiger partial charge in [-0.15, -0.1) is 0 Å². The van der Waals surface area contributed by atoms with Crippen molar-refractivity contribution < 1.29 is 19.1 Å². The van der Waals surface area contributed by atoms with Crippen LogP contribution in [0.3, 0.4) is 0 Å². The molecular weight excluding hydrogens is 308 g/mol. The van der Waals surface area contributed by atoms with Crippen molar-refractivity contribution in [3.63, 3.8) is 0 Å². The lowest BCUT2D eigenvalue weighted by Crippen LogP contribution is -2.40. The zero-order valence-electron chi connectivity index (χ0n) is 14.6. The van der Waals surface area contributed by atoms with Crippen molar-refractivity contribution >= 4 is 17.5 Å². The summed E-state index contributed by atoms with van der Waals surface area (Å²) in [4.78, 5) is 25.7. The van der Waals surface area contributed by atoms with Gasteiger partial charge in [0.15, 0.2) is 11.5 Å². The average molecular weight is 334 g/mol. The summed E-state index contributed by atoms with van der Waals surface area (Å²) in [6.07, 6.45) is 2.96. The molecule has 1 N–H and O–H groups in total. The molecule has 0 atom stereocenters. The second kappa shape index (κ2) is 8.57. The molecule has 0 aliphatic heterocycles. The van der Waals surface area contributed by atoms with Crippen molar-refractivity contribution in [1.29, 1.82) is 0 Å². The quantitative estimate of drug-likeness (QED) is 0.794. The van der Waals surface area contributed by atoms with Gasteiger partial charge in [-0.25, -0.2) is 0 Å². The summed E-state index contributed by atoms with van der Waals surface area (Å²) in [5.41, 5.74) is 0.622. The molecule has 1 aliphatic carbocycles. The molecule has 1 aliphatic rings. The first-order chi connectivity index (χ1) is 11.5. The van der Waals surface area contributed by atoms with Crippen LogP contribution in [-0.4, -0.2) is 43.5 Å². The van der Waals surface area contributed by atoms with Crippen LogP contribution >= 0.6 is 0 Å². The van der Waals surface area contributed by atoms with Crippen molar-refractivity contribution in [2.45, 2.75) is 33.1 Å². The average Bonchev–Trinajstić information content (AvgIpc) is 2.48. The molecule has 0 unspecified atom stereocenters. The van der Waals surface area contributed by atoms with Crippen LogP contribution < -0.4 is 14.8 Å². The Balaban J connectivity index is 1.95. The highest BCUT2D eigenvalue weighted by Gasteiger charge is 2.28. The van der Waals surface area contributed by atoms with Gasteiger partial charge in [-0.2, -0.15) is 0 Å². The number of rotatable bonds is 8. The van der Waals surface area contributed by atoms with E-state index in [1.54, 1.807) is 25.2 Å². The Hall–Kier alpha value is -2.24. The van der Waals surface area contributed by atoms with Crippen LogP contribution in [0.1, 0.15) is 33.1 Å². The summed E-state index contributed by atoms with van der Waals surface area (Å²) in [6.45, 7) is 4.89. The van der Waals surface area contributed by atoms with Crippen molar-refractivity contribution in [2.24, 2.45) is 5.92 Å². The van der Waals surface area contributed by atoms with Crippen LogP contribution in [0.2, 0.25) is 0 Å². The first-order valence-electron chi connectivity index (χ1n) is 8.49. The number of nitrogens with zero attached hydrogens (tertiary/aromatic N) is 1. The normalized spacial score (nSPS) is 13.8. The Bertz CT molecular complexity index is 584. The molecule has 132 valence electrons. The zero-order valence-corrected chi connectivity index (χ0v) is 14.6. The van der Waals surface area contributed by atoms with Crippen LogP contribution in [0.15, 0.2) is 18.2 Å². The summed E-state index contributed by atoms with van der Waals surface area (Å²) in [5, 5.41) is 2.80. The minimum absolute atomic E-state index is 0.0481. The maximum atomic E-state index is 12.2. The SMILES string of the molecule is CCOc1ccc(NC(=O)CN(C)C(=O)C2CCC2)cc1OCC. The summed E-state index contributed by atoms with van der Waals surface area (Å²) in [7, 11) is 1.67. The molecule has 0 saturated heterocycles. The molecule has 1 fully saturated rings. The van der Waals surface area contributed by atoms with E-state index in [0.717, 1.165) is 19.3 Å². The van der Waals surface area contributed by atoms with Crippen molar-refractivity contribution in [3.8, 4) is 11.5 Å². The van der Waals surface area contributed by atoms with Gasteiger partial charge in [-0.05, 0) is 38.8 Å².